The summed E-state index contributed by atoms with van der Waals surface area (Å²) < 4.78 is 2.06. The third-order valence-corrected chi connectivity index (χ3v) is 3.00. The molecule has 3 heteroatoms. The molecule has 1 N–H and O–H groups in total. The first-order chi connectivity index (χ1) is 7.58. The van der Waals surface area contributed by atoms with E-state index in [9.17, 15) is 0 Å². The molecular formula is C13H15N3. The number of benzene rings is 1. The van der Waals surface area contributed by atoms with Crippen LogP contribution in [0.2, 0.25) is 0 Å². The Balaban J connectivity index is 2.33. The van der Waals surface area contributed by atoms with Crippen LogP contribution in [0.4, 0.5) is 5.69 Å². The van der Waals surface area contributed by atoms with E-state index in [0.29, 0.717) is 0 Å². The van der Waals surface area contributed by atoms with Crippen molar-refractivity contribution in [2.75, 3.05) is 5.32 Å². The fourth-order valence-electron chi connectivity index (χ4n) is 2.32. The van der Waals surface area contributed by atoms with Crippen molar-refractivity contribution in [3.63, 3.8) is 0 Å². The molecule has 1 aliphatic heterocycles. The normalized spacial score (nSPS) is 16.2. The van der Waals surface area contributed by atoms with Crippen molar-refractivity contribution in [3.05, 3.63) is 36.0 Å². The number of nitrogens with one attached hydrogen (secondary N) is 1. The van der Waals surface area contributed by atoms with Crippen molar-refractivity contribution >= 4 is 5.69 Å². The average Bonchev–Trinajstić information content (AvgIpc) is 2.61. The summed E-state index contributed by atoms with van der Waals surface area (Å²) in [6.07, 6.45) is 0. The monoisotopic (exact) mass is 213 g/mol. The first-order valence-electron chi connectivity index (χ1n) is 5.53. The minimum Gasteiger partial charge on any atom is -0.361 e. The first-order valence-corrected chi connectivity index (χ1v) is 5.53. The minimum absolute atomic E-state index is 0.169. The highest BCUT2D eigenvalue weighted by atomic mass is 15.4. The summed E-state index contributed by atoms with van der Waals surface area (Å²) >= 11 is 0. The lowest BCUT2D eigenvalue weighted by atomic mass is 10.0. The van der Waals surface area contributed by atoms with Gasteiger partial charge >= 0.3 is 0 Å². The van der Waals surface area contributed by atoms with Gasteiger partial charge in [0.2, 0.25) is 0 Å². The summed E-state index contributed by atoms with van der Waals surface area (Å²) in [5.74, 6) is 0. The zero-order valence-corrected chi connectivity index (χ0v) is 9.78. The molecule has 0 saturated heterocycles. The van der Waals surface area contributed by atoms with Crippen molar-refractivity contribution in [1.29, 1.82) is 0 Å². The second-order valence-electron chi connectivity index (χ2n) is 4.81. The van der Waals surface area contributed by atoms with E-state index in [2.05, 4.69) is 59.3 Å². The maximum absolute atomic E-state index is 4.56. The predicted octanol–water partition coefficient (Wildman–Crippen LogP) is 2.98. The minimum atomic E-state index is -0.169. The van der Waals surface area contributed by atoms with E-state index in [1.54, 1.807) is 0 Å². The van der Waals surface area contributed by atoms with Crippen molar-refractivity contribution in [2.45, 2.75) is 26.4 Å². The summed E-state index contributed by atoms with van der Waals surface area (Å²) in [5.41, 5.74) is 4.48. The van der Waals surface area contributed by atoms with E-state index in [1.165, 1.54) is 16.9 Å². The highest BCUT2D eigenvalue weighted by Crippen LogP contribution is 2.38. The van der Waals surface area contributed by atoms with Crippen LogP contribution in [0.25, 0.3) is 11.3 Å². The molecule has 0 bridgehead atoms. The van der Waals surface area contributed by atoms with E-state index in [4.69, 9.17) is 0 Å². The third-order valence-electron chi connectivity index (χ3n) is 3.00. The quantitative estimate of drug-likeness (QED) is 0.729. The topological polar surface area (TPSA) is 29.9 Å². The lowest BCUT2D eigenvalue weighted by molar-refractivity contribution is 0.367. The van der Waals surface area contributed by atoms with Gasteiger partial charge in [-0.2, -0.15) is 5.10 Å². The lowest BCUT2D eigenvalue weighted by Gasteiger charge is -2.35. The van der Waals surface area contributed by atoms with Crippen LogP contribution in [-0.4, -0.2) is 9.78 Å². The second kappa shape index (κ2) is 2.88. The molecule has 16 heavy (non-hydrogen) atoms. The smallest absolute Gasteiger partial charge is 0.126 e. The van der Waals surface area contributed by atoms with Crippen LogP contribution in [0.5, 0.6) is 0 Å². The highest BCUT2D eigenvalue weighted by molar-refractivity contribution is 5.78. The Hall–Kier alpha value is -1.77. The molecule has 3 rings (SSSR count). The van der Waals surface area contributed by atoms with E-state index in [1.807, 2.05) is 6.92 Å². The lowest BCUT2D eigenvalue weighted by Crippen LogP contribution is -2.39. The molecular weight excluding hydrogens is 198 g/mol. The van der Waals surface area contributed by atoms with Gasteiger partial charge in [-0.1, -0.05) is 18.2 Å². The van der Waals surface area contributed by atoms with Gasteiger partial charge in [0.05, 0.1) is 11.4 Å². The SMILES string of the molecule is Cc1cc2n(n1)C(C)(C)Nc1ccccc1-2. The number of anilines is 1. The fourth-order valence-corrected chi connectivity index (χ4v) is 2.32. The molecule has 1 aromatic heterocycles. The van der Waals surface area contributed by atoms with E-state index >= 15 is 0 Å². The number of aromatic nitrogens is 2. The van der Waals surface area contributed by atoms with Gasteiger partial charge in [-0.25, -0.2) is 4.68 Å². The van der Waals surface area contributed by atoms with Gasteiger partial charge in [-0.05, 0) is 32.9 Å². The van der Waals surface area contributed by atoms with Crippen molar-refractivity contribution < 1.29 is 0 Å². The van der Waals surface area contributed by atoms with E-state index in [-0.39, 0.29) is 5.66 Å². The van der Waals surface area contributed by atoms with Crippen molar-refractivity contribution in [1.82, 2.24) is 9.78 Å². The zero-order chi connectivity index (χ0) is 11.3. The van der Waals surface area contributed by atoms with E-state index < -0.39 is 0 Å². The summed E-state index contributed by atoms with van der Waals surface area (Å²) in [7, 11) is 0. The summed E-state index contributed by atoms with van der Waals surface area (Å²) in [6.45, 7) is 6.31. The van der Waals surface area contributed by atoms with Crippen LogP contribution < -0.4 is 5.32 Å². The summed E-state index contributed by atoms with van der Waals surface area (Å²) in [4.78, 5) is 0. The van der Waals surface area contributed by atoms with Gasteiger partial charge < -0.3 is 5.32 Å². The Labute approximate surface area is 95.1 Å². The number of rotatable bonds is 0. The predicted molar refractivity (Wildman–Crippen MR) is 65.3 cm³/mol. The zero-order valence-electron chi connectivity index (χ0n) is 9.78. The standard InChI is InChI=1S/C13H15N3/c1-9-8-12-10-6-4-5-7-11(10)14-13(2,3)16(12)15-9/h4-8,14H,1-3H3. The maximum atomic E-state index is 4.56. The van der Waals surface area contributed by atoms with Gasteiger partial charge in [0.25, 0.3) is 0 Å². The third kappa shape index (κ3) is 1.18. The highest BCUT2D eigenvalue weighted by Gasteiger charge is 2.30. The molecule has 0 spiro atoms. The number of para-hydroxylation sites is 1. The van der Waals surface area contributed by atoms with Crippen LogP contribution in [0, 0.1) is 6.92 Å². The average molecular weight is 213 g/mol. The molecule has 1 aromatic carbocycles. The molecule has 2 heterocycles. The molecule has 0 fully saturated rings. The molecule has 0 radical (unpaired) electrons. The molecule has 82 valence electrons. The Kier molecular flexibility index (Phi) is 1.70. The molecule has 1 aliphatic rings. The maximum Gasteiger partial charge on any atom is 0.126 e. The molecule has 0 amide bonds. The van der Waals surface area contributed by atoms with Gasteiger partial charge in [0, 0.05) is 11.3 Å². The van der Waals surface area contributed by atoms with Crippen LogP contribution in [0.15, 0.2) is 30.3 Å². The largest absolute Gasteiger partial charge is 0.361 e. The fraction of sp³-hybridized carbons (Fsp3) is 0.308. The number of hydrogen-bond donors (Lipinski definition) is 1. The van der Waals surface area contributed by atoms with E-state index in [0.717, 1.165) is 5.69 Å². The molecule has 0 unspecified atom stereocenters. The Morgan fingerprint density at radius 1 is 1.25 bits per heavy atom. The Morgan fingerprint density at radius 3 is 2.81 bits per heavy atom. The molecule has 2 aromatic rings. The Bertz CT molecular complexity index is 552. The molecule has 0 atom stereocenters. The second-order valence-corrected chi connectivity index (χ2v) is 4.81. The van der Waals surface area contributed by atoms with Gasteiger partial charge in [-0.15, -0.1) is 0 Å². The number of aryl methyl sites for hydroxylation is 1. The first kappa shape index (κ1) is 9.46. The summed E-state index contributed by atoms with van der Waals surface area (Å²) in [5, 5.41) is 8.06. The van der Waals surface area contributed by atoms with Crippen molar-refractivity contribution in [3.8, 4) is 11.3 Å². The van der Waals surface area contributed by atoms with Crippen LogP contribution in [0.3, 0.4) is 0 Å². The van der Waals surface area contributed by atoms with Crippen molar-refractivity contribution in [2.24, 2.45) is 0 Å². The van der Waals surface area contributed by atoms with Crippen LogP contribution in [0.1, 0.15) is 19.5 Å². The van der Waals surface area contributed by atoms with Crippen LogP contribution >= 0.6 is 0 Å². The number of nitrogens with zero attached hydrogens (tertiary/aromatic N) is 2. The number of fused-ring (bicyclic) bond motifs is 3. The molecule has 3 nitrogen and oxygen atoms in total. The molecule has 0 aliphatic carbocycles. The Morgan fingerprint density at radius 2 is 2.00 bits per heavy atom. The van der Waals surface area contributed by atoms with Crippen LogP contribution in [-0.2, 0) is 5.66 Å². The van der Waals surface area contributed by atoms with Gasteiger partial charge in [-0.3, -0.25) is 0 Å². The number of hydrogen-bond acceptors (Lipinski definition) is 2. The van der Waals surface area contributed by atoms with Gasteiger partial charge in [0.15, 0.2) is 0 Å². The molecule has 0 saturated carbocycles. The summed E-state index contributed by atoms with van der Waals surface area (Å²) in [6, 6.07) is 10.5. The van der Waals surface area contributed by atoms with Gasteiger partial charge in [0.1, 0.15) is 5.66 Å².